The summed E-state index contributed by atoms with van der Waals surface area (Å²) >= 11 is 34.7. The maximum Gasteiger partial charge on any atom is 0.270 e. The molecular formula is C16H11Cl5N4O3S. The van der Waals surface area contributed by atoms with Crippen LogP contribution >= 0.6 is 70.2 Å². The van der Waals surface area contributed by atoms with Crippen LogP contribution in [0, 0.1) is 10.1 Å². The second-order valence-corrected chi connectivity index (χ2v) is 9.07. The smallest absolute Gasteiger partial charge is 0.270 e. The van der Waals surface area contributed by atoms with Crippen LogP contribution in [0.1, 0.15) is 10.4 Å². The molecule has 1 atom stereocenters. The highest BCUT2D eigenvalue weighted by Gasteiger charge is 2.35. The van der Waals surface area contributed by atoms with E-state index in [4.69, 9.17) is 70.2 Å². The van der Waals surface area contributed by atoms with E-state index < -0.39 is 20.8 Å². The highest BCUT2D eigenvalue weighted by molar-refractivity contribution is 7.80. The van der Waals surface area contributed by atoms with Gasteiger partial charge in [-0.1, -0.05) is 64.1 Å². The van der Waals surface area contributed by atoms with Gasteiger partial charge in [0.1, 0.15) is 6.17 Å². The van der Waals surface area contributed by atoms with Crippen LogP contribution < -0.4 is 16.0 Å². The van der Waals surface area contributed by atoms with Gasteiger partial charge in [0, 0.05) is 23.4 Å². The molecule has 0 spiro atoms. The number of hydrogen-bond donors (Lipinski definition) is 3. The van der Waals surface area contributed by atoms with Crippen molar-refractivity contribution in [2.24, 2.45) is 0 Å². The van der Waals surface area contributed by atoms with E-state index in [1.54, 1.807) is 12.1 Å². The third-order valence-electron chi connectivity index (χ3n) is 3.37. The number of nitro benzene ring substituents is 1. The third-order valence-corrected chi connectivity index (χ3v) is 4.99. The van der Waals surface area contributed by atoms with Crippen molar-refractivity contribution in [3.05, 3.63) is 68.2 Å². The van der Waals surface area contributed by atoms with Crippen molar-refractivity contribution < 1.29 is 9.72 Å². The zero-order chi connectivity index (χ0) is 21.8. The van der Waals surface area contributed by atoms with Crippen LogP contribution in [0.3, 0.4) is 0 Å². The second-order valence-electron chi connectivity index (χ2n) is 5.48. The summed E-state index contributed by atoms with van der Waals surface area (Å²) < 4.78 is -2.00. The predicted octanol–water partition coefficient (Wildman–Crippen LogP) is 5.31. The molecule has 0 aliphatic carbocycles. The van der Waals surface area contributed by atoms with Crippen LogP contribution in [0.25, 0.3) is 0 Å². The molecule has 154 valence electrons. The molecule has 0 aliphatic rings. The molecule has 0 bridgehead atoms. The first kappa shape index (κ1) is 23.7. The Morgan fingerprint density at radius 3 is 2.34 bits per heavy atom. The summed E-state index contributed by atoms with van der Waals surface area (Å²) in [4.78, 5) is 22.7. The molecule has 2 aromatic rings. The second kappa shape index (κ2) is 9.97. The number of thiocarbonyl (C=S) groups is 1. The lowest BCUT2D eigenvalue weighted by Crippen LogP contribution is -2.56. The number of halogens is 5. The average molecular weight is 517 g/mol. The number of alkyl halides is 3. The van der Waals surface area contributed by atoms with Crippen molar-refractivity contribution in [2.45, 2.75) is 9.96 Å². The van der Waals surface area contributed by atoms with Crippen LogP contribution in [0.2, 0.25) is 10.0 Å². The Bertz CT molecular complexity index is 954. The highest BCUT2D eigenvalue weighted by Crippen LogP contribution is 2.30. The van der Waals surface area contributed by atoms with Gasteiger partial charge in [-0.3, -0.25) is 14.9 Å². The quantitative estimate of drug-likeness (QED) is 0.164. The Labute approximate surface area is 195 Å². The molecule has 29 heavy (non-hydrogen) atoms. The molecule has 2 aromatic carbocycles. The highest BCUT2D eigenvalue weighted by atomic mass is 35.6. The lowest BCUT2D eigenvalue weighted by Gasteiger charge is -2.27. The molecule has 2 rings (SSSR count). The van der Waals surface area contributed by atoms with Gasteiger partial charge in [-0.2, -0.15) is 0 Å². The number of hydrogen-bond acceptors (Lipinski definition) is 4. The van der Waals surface area contributed by atoms with Crippen molar-refractivity contribution in [1.82, 2.24) is 10.6 Å². The Kier molecular flexibility index (Phi) is 8.16. The summed E-state index contributed by atoms with van der Waals surface area (Å²) in [5.41, 5.74) is 0.251. The maximum absolute atomic E-state index is 12.5. The molecular weight excluding hydrogens is 506 g/mol. The van der Waals surface area contributed by atoms with Gasteiger partial charge < -0.3 is 16.0 Å². The summed E-state index contributed by atoms with van der Waals surface area (Å²) in [5.74, 6) is -0.713. The van der Waals surface area contributed by atoms with Crippen LogP contribution in [0.4, 0.5) is 11.4 Å². The van der Waals surface area contributed by atoms with Crippen molar-refractivity contribution in [2.75, 3.05) is 5.32 Å². The zero-order valence-corrected chi connectivity index (χ0v) is 18.7. The van der Waals surface area contributed by atoms with Gasteiger partial charge in [0.15, 0.2) is 5.11 Å². The van der Waals surface area contributed by atoms with E-state index in [2.05, 4.69) is 16.0 Å². The van der Waals surface area contributed by atoms with E-state index in [1.165, 1.54) is 24.3 Å². The number of carbonyl (C=O) groups excluding carboxylic acids is 1. The molecule has 0 aromatic heterocycles. The van der Waals surface area contributed by atoms with E-state index in [-0.39, 0.29) is 16.4 Å². The number of nitro groups is 1. The number of amides is 1. The van der Waals surface area contributed by atoms with Gasteiger partial charge in [-0.05, 0) is 36.5 Å². The zero-order valence-electron chi connectivity index (χ0n) is 14.1. The largest absolute Gasteiger partial charge is 0.339 e. The normalized spacial score (nSPS) is 12.0. The third kappa shape index (κ3) is 7.02. The summed E-state index contributed by atoms with van der Waals surface area (Å²) in [5, 5.41) is 19.5. The minimum Gasteiger partial charge on any atom is -0.339 e. The van der Waals surface area contributed by atoms with Crippen LogP contribution in [-0.2, 0) is 0 Å². The molecule has 7 nitrogen and oxygen atoms in total. The van der Waals surface area contributed by atoms with Crippen molar-refractivity contribution in [3.8, 4) is 0 Å². The molecule has 3 N–H and O–H groups in total. The van der Waals surface area contributed by atoms with Gasteiger partial charge in [0.05, 0.1) is 15.0 Å². The number of nitrogens with zero attached hydrogens (tertiary/aromatic N) is 1. The van der Waals surface area contributed by atoms with Crippen LogP contribution in [0.15, 0.2) is 42.5 Å². The SMILES string of the molecule is O=C(N[C@@H](NC(=S)Nc1ccc(Cl)c(Cl)c1)C(Cl)(Cl)Cl)c1cccc([N+](=O)[O-])c1. The predicted molar refractivity (Wildman–Crippen MR) is 120 cm³/mol. The van der Waals surface area contributed by atoms with Crippen LogP contribution in [-0.4, -0.2) is 25.9 Å². The maximum atomic E-state index is 12.5. The Morgan fingerprint density at radius 2 is 1.76 bits per heavy atom. The number of carbonyl (C=O) groups is 1. The molecule has 0 fully saturated rings. The summed E-state index contributed by atoms with van der Waals surface area (Å²) in [6.45, 7) is 0. The van der Waals surface area contributed by atoms with E-state index in [0.29, 0.717) is 15.7 Å². The summed E-state index contributed by atoms with van der Waals surface area (Å²) in [7, 11) is 0. The van der Waals surface area contributed by atoms with E-state index in [0.717, 1.165) is 6.07 Å². The number of non-ortho nitro benzene ring substituents is 1. The van der Waals surface area contributed by atoms with E-state index in [1.807, 2.05) is 0 Å². The topological polar surface area (TPSA) is 96.3 Å². The number of benzene rings is 2. The molecule has 13 heteroatoms. The van der Waals surface area contributed by atoms with E-state index in [9.17, 15) is 14.9 Å². The van der Waals surface area contributed by atoms with Crippen molar-refractivity contribution in [1.29, 1.82) is 0 Å². The van der Waals surface area contributed by atoms with Gasteiger partial charge >= 0.3 is 0 Å². The molecule has 0 saturated carbocycles. The summed E-state index contributed by atoms with van der Waals surface area (Å²) in [6.07, 6.45) is -1.26. The first-order valence-corrected chi connectivity index (χ1v) is 9.92. The Hall–Kier alpha value is -1.55. The minimum atomic E-state index is -2.00. The molecule has 1 amide bonds. The number of rotatable bonds is 5. The van der Waals surface area contributed by atoms with Crippen molar-refractivity contribution >= 4 is 92.6 Å². The summed E-state index contributed by atoms with van der Waals surface area (Å²) in [6, 6.07) is 9.80. The minimum absolute atomic E-state index is 0.00334. The number of nitrogens with one attached hydrogen (secondary N) is 3. The monoisotopic (exact) mass is 514 g/mol. The van der Waals surface area contributed by atoms with Crippen LogP contribution in [0.5, 0.6) is 0 Å². The molecule has 0 unspecified atom stereocenters. The standard InChI is InChI=1S/C16H11Cl5N4O3S/c17-11-5-4-9(7-12(11)18)22-15(29)24-14(16(19,20)21)23-13(26)8-2-1-3-10(6-8)25(27)28/h1-7,14H,(H,23,26)(H2,22,24,29)/t14-/m0/s1. The van der Waals surface area contributed by atoms with Gasteiger partial charge in [0.2, 0.25) is 3.79 Å². The molecule has 0 saturated heterocycles. The Morgan fingerprint density at radius 1 is 1.07 bits per heavy atom. The van der Waals surface area contributed by atoms with Gasteiger partial charge in [0.25, 0.3) is 11.6 Å². The fourth-order valence-electron chi connectivity index (χ4n) is 2.05. The lowest BCUT2D eigenvalue weighted by atomic mass is 10.2. The Balaban J connectivity index is 2.12. The van der Waals surface area contributed by atoms with Crippen molar-refractivity contribution in [3.63, 3.8) is 0 Å². The number of anilines is 1. The van der Waals surface area contributed by atoms with Gasteiger partial charge in [-0.15, -0.1) is 0 Å². The molecule has 0 aliphatic heterocycles. The molecule has 0 heterocycles. The van der Waals surface area contributed by atoms with E-state index >= 15 is 0 Å². The average Bonchev–Trinajstić information content (AvgIpc) is 2.63. The molecule has 0 radical (unpaired) electrons. The fraction of sp³-hybridized carbons (Fsp3) is 0.125. The lowest BCUT2D eigenvalue weighted by molar-refractivity contribution is -0.384. The fourth-order valence-corrected chi connectivity index (χ4v) is 2.91. The first-order chi connectivity index (χ1) is 13.5. The first-order valence-electron chi connectivity index (χ1n) is 7.62. The van der Waals surface area contributed by atoms with Gasteiger partial charge in [-0.25, -0.2) is 0 Å².